The average Bonchev–Trinajstić information content (AvgIpc) is 2.87. The second-order valence-corrected chi connectivity index (χ2v) is 9.25. The van der Waals surface area contributed by atoms with Gasteiger partial charge in [0.15, 0.2) is 35.7 Å². The minimum Gasteiger partial charge on any atom is -0.493 e. The molecule has 0 aliphatic carbocycles. The zero-order chi connectivity index (χ0) is 23.8. The Morgan fingerprint density at radius 3 is 2.18 bits per heavy atom. The first kappa shape index (κ1) is 22.5. The maximum atomic E-state index is 5.82. The van der Waals surface area contributed by atoms with Crippen LogP contribution in [0.5, 0.6) is 23.0 Å². The molecular weight excluding hydrogens is 494 g/mol. The van der Waals surface area contributed by atoms with Crippen LogP contribution in [0.15, 0.2) is 59.2 Å². The standard InChI is InChI=1S/C28H27BrNO4/c1-31-24-10-9-20-22(13-17-5-7-19(29)8-6-17)27-21-15-26(33-3)25(32-2)14-18(21)11-12-30(27)16-23(20)28(24)34-4/h5-10,14-16H,11-13H2,1-4H3/q+1. The third kappa shape index (κ3) is 3.76. The highest BCUT2D eigenvalue weighted by atomic mass is 79.9. The van der Waals surface area contributed by atoms with E-state index in [9.17, 15) is 0 Å². The van der Waals surface area contributed by atoms with Gasteiger partial charge in [-0.1, -0.05) is 28.1 Å². The molecule has 0 bridgehead atoms. The van der Waals surface area contributed by atoms with Crippen LogP contribution in [0.25, 0.3) is 22.0 Å². The number of hydrogen-bond acceptors (Lipinski definition) is 4. The van der Waals surface area contributed by atoms with Gasteiger partial charge in [-0.2, -0.15) is 4.57 Å². The second-order valence-electron chi connectivity index (χ2n) is 8.33. The molecule has 4 aromatic rings. The minimum absolute atomic E-state index is 0.729. The Morgan fingerprint density at radius 1 is 0.794 bits per heavy atom. The molecule has 0 unspecified atom stereocenters. The van der Waals surface area contributed by atoms with Crippen molar-refractivity contribution in [2.45, 2.75) is 19.4 Å². The zero-order valence-electron chi connectivity index (χ0n) is 19.8. The summed E-state index contributed by atoms with van der Waals surface area (Å²) < 4.78 is 26.1. The summed E-state index contributed by atoms with van der Waals surface area (Å²) in [6.07, 6.45) is 3.88. The summed E-state index contributed by atoms with van der Waals surface area (Å²) >= 11 is 3.56. The Hall–Kier alpha value is -3.25. The highest BCUT2D eigenvalue weighted by Crippen LogP contribution is 2.43. The Kier molecular flexibility index (Phi) is 6.09. The Morgan fingerprint density at radius 2 is 1.50 bits per heavy atom. The van der Waals surface area contributed by atoms with E-state index in [1.165, 1.54) is 27.9 Å². The van der Waals surface area contributed by atoms with Crippen LogP contribution in [-0.2, 0) is 19.4 Å². The number of pyridine rings is 1. The van der Waals surface area contributed by atoms with Gasteiger partial charge in [-0.3, -0.25) is 0 Å². The predicted molar refractivity (Wildman–Crippen MR) is 136 cm³/mol. The van der Waals surface area contributed by atoms with Crippen molar-refractivity contribution in [3.05, 3.63) is 75.9 Å². The molecule has 0 radical (unpaired) electrons. The average molecular weight is 521 g/mol. The molecule has 0 spiro atoms. The fourth-order valence-corrected chi connectivity index (χ4v) is 5.20. The monoisotopic (exact) mass is 520 g/mol. The lowest BCUT2D eigenvalue weighted by Gasteiger charge is -2.22. The molecule has 3 aromatic carbocycles. The van der Waals surface area contributed by atoms with Crippen LogP contribution < -0.4 is 23.5 Å². The first-order valence-corrected chi connectivity index (χ1v) is 12.0. The van der Waals surface area contributed by atoms with Crippen molar-refractivity contribution in [3.63, 3.8) is 0 Å². The second kappa shape index (κ2) is 9.18. The molecule has 0 saturated heterocycles. The fourth-order valence-electron chi connectivity index (χ4n) is 4.93. The molecule has 0 amide bonds. The molecule has 0 saturated carbocycles. The van der Waals surface area contributed by atoms with E-state index in [2.05, 4.69) is 69.2 Å². The van der Waals surface area contributed by atoms with Gasteiger partial charge >= 0.3 is 0 Å². The number of fused-ring (bicyclic) bond motifs is 4. The highest BCUT2D eigenvalue weighted by Gasteiger charge is 2.31. The molecular formula is C28H27BrNO4+. The van der Waals surface area contributed by atoms with Gasteiger partial charge in [-0.05, 0) is 47.5 Å². The molecule has 0 N–H and O–H groups in total. The minimum atomic E-state index is 0.729. The molecule has 0 atom stereocenters. The Bertz CT molecular complexity index is 1380. The van der Waals surface area contributed by atoms with Gasteiger partial charge in [0.25, 0.3) is 0 Å². The molecule has 5 rings (SSSR count). The number of benzene rings is 3. The highest BCUT2D eigenvalue weighted by molar-refractivity contribution is 9.10. The molecule has 1 aromatic heterocycles. The van der Waals surface area contributed by atoms with Crippen molar-refractivity contribution in [2.75, 3.05) is 28.4 Å². The molecule has 2 heterocycles. The van der Waals surface area contributed by atoms with Crippen molar-refractivity contribution in [1.82, 2.24) is 0 Å². The number of methoxy groups -OCH3 is 4. The normalized spacial score (nSPS) is 12.1. The molecule has 0 fully saturated rings. The predicted octanol–water partition coefficient (Wildman–Crippen LogP) is 5.74. The van der Waals surface area contributed by atoms with Gasteiger partial charge < -0.3 is 18.9 Å². The van der Waals surface area contributed by atoms with Crippen molar-refractivity contribution in [2.24, 2.45) is 0 Å². The topological polar surface area (TPSA) is 40.8 Å². The summed E-state index contributed by atoms with van der Waals surface area (Å²) in [6.45, 7) is 0.863. The van der Waals surface area contributed by atoms with Crippen LogP contribution >= 0.6 is 15.9 Å². The number of ether oxygens (including phenoxy) is 4. The van der Waals surface area contributed by atoms with Crippen molar-refractivity contribution in [3.8, 4) is 34.3 Å². The van der Waals surface area contributed by atoms with Gasteiger partial charge in [0.2, 0.25) is 5.69 Å². The first-order valence-electron chi connectivity index (χ1n) is 11.2. The third-order valence-corrected chi connectivity index (χ3v) is 7.08. The quantitative estimate of drug-likeness (QED) is 0.304. The summed E-state index contributed by atoms with van der Waals surface area (Å²) in [5, 5.41) is 2.19. The van der Waals surface area contributed by atoms with Crippen LogP contribution in [0.1, 0.15) is 16.7 Å². The maximum Gasteiger partial charge on any atom is 0.217 e. The SMILES string of the molecule is COc1cc2c(cc1OC)-c1c(Cc3ccc(Br)cc3)c3ccc(OC)c(OC)c3c[n+]1CC2. The molecule has 5 nitrogen and oxygen atoms in total. The van der Waals surface area contributed by atoms with E-state index in [-0.39, 0.29) is 0 Å². The van der Waals surface area contributed by atoms with E-state index in [1.807, 2.05) is 6.07 Å². The van der Waals surface area contributed by atoms with E-state index >= 15 is 0 Å². The first-order chi connectivity index (χ1) is 16.6. The van der Waals surface area contributed by atoms with Crippen LogP contribution in [0.4, 0.5) is 0 Å². The number of nitrogens with zero attached hydrogens (tertiary/aromatic N) is 1. The van der Waals surface area contributed by atoms with E-state index in [0.717, 1.165) is 57.6 Å². The number of rotatable bonds is 6. The van der Waals surface area contributed by atoms with Crippen molar-refractivity contribution >= 4 is 26.7 Å². The van der Waals surface area contributed by atoms with Gasteiger partial charge in [0.05, 0.1) is 39.4 Å². The van der Waals surface area contributed by atoms with E-state index in [4.69, 9.17) is 18.9 Å². The molecule has 1 aliphatic rings. The number of hydrogen-bond donors (Lipinski definition) is 0. The summed E-state index contributed by atoms with van der Waals surface area (Å²) in [6, 6.07) is 16.9. The fraction of sp³-hybridized carbons (Fsp3) is 0.250. The number of aromatic nitrogens is 1. The smallest absolute Gasteiger partial charge is 0.217 e. The molecule has 1 aliphatic heterocycles. The molecule has 34 heavy (non-hydrogen) atoms. The maximum absolute atomic E-state index is 5.82. The molecule has 174 valence electrons. The van der Waals surface area contributed by atoms with Crippen LogP contribution in [0, 0.1) is 0 Å². The summed E-state index contributed by atoms with van der Waals surface area (Å²) in [7, 11) is 6.74. The Balaban J connectivity index is 1.83. The van der Waals surface area contributed by atoms with Crippen molar-refractivity contribution < 1.29 is 23.5 Å². The van der Waals surface area contributed by atoms with Gasteiger partial charge in [0.1, 0.15) is 0 Å². The summed E-state index contributed by atoms with van der Waals surface area (Å²) in [4.78, 5) is 0. The third-order valence-electron chi connectivity index (χ3n) is 6.55. The lowest BCUT2D eigenvalue weighted by molar-refractivity contribution is -0.686. The number of aryl methyl sites for hydroxylation is 2. The van der Waals surface area contributed by atoms with Crippen LogP contribution in [0.2, 0.25) is 0 Å². The van der Waals surface area contributed by atoms with Crippen LogP contribution in [0.3, 0.4) is 0 Å². The van der Waals surface area contributed by atoms with Crippen molar-refractivity contribution in [1.29, 1.82) is 0 Å². The lowest BCUT2D eigenvalue weighted by atomic mass is 9.88. The molecule has 6 heteroatoms. The van der Waals surface area contributed by atoms with E-state index in [1.54, 1.807) is 28.4 Å². The largest absolute Gasteiger partial charge is 0.493 e. The zero-order valence-corrected chi connectivity index (χ0v) is 21.4. The van der Waals surface area contributed by atoms with Crippen LogP contribution in [-0.4, -0.2) is 28.4 Å². The Labute approximate surface area is 208 Å². The van der Waals surface area contributed by atoms with Gasteiger partial charge in [-0.15, -0.1) is 0 Å². The van der Waals surface area contributed by atoms with E-state index < -0.39 is 0 Å². The van der Waals surface area contributed by atoms with Gasteiger partial charge in [0, 0.05) is 28.3 Å². The summed E-state index contributed by atoms with van der Waals surface area (Å²) in [5.74, 6) is 2.98. The van der Waals surface area contributed by atoms with E-state index in [0.29, 0.717) is 0 Å². The van der Waals surface area contributed by atoms with Gasteiger partial charge in [-0.25, -0.2) is 0 Å². The lowest BCUT2D eigenvalue weighted by Crippen LogP contribution is -2.41. The summed E-state index contributed by atoms with van der Waals surface area (Å²) in [5.41, 5.74) is 6.11. The number of halogens is 1.